The summed E-state index contributed by atoms with van der Waals surface area (Å²) in [6.45, 7) is 5.62. The van der Waals surface area contributed by atoms with Gasteiger partial charge in [-0.15, -0.1) is 10.2 Å². The van der Waals surface area contributed by atoms with Crippen molar-refractivity contribution in [2.45, 2.75) is 32.1 Å². The van der Waals surface area contributed by atoms with Gasteiger partial charge in [0.25, 0.3) is 0 Å². The predicted molar refractivity (Wildman–Crippen MR) is 109 cm³/mol. The maximum absolute atomic E-state index is 13.4. The van der Waals surface area contributed by atoms with Gasteiger partial charge in [0, 0.05) is 25.2 Å². The Morgan fingerprint density at radius 2 is 1.89 bits per heavy atom. The van der Waals surface area contributed by atoms with Crippen molar-refractivity contribution in [2.24, 2.45) is 0 Å². The number of aromatic nitrogens is 3. The zero-order valence-corrected chi connectivity index (χ0v) is 16.8. The summed E-state index contributed by atoms with van der Waals surface area (Å²) in [7, 11) is 0. The van der Waals surface area contributed by atoms with E-state index in [0.717, 1.165) is 22.1 Å². The molecule has 0 aliphatic rings. The minimum Gasteiger partial charge on any atom is -0.338 e. The third-order valence-electron chi connectivity index (χ3n) is 4.39. The number of halogens is 1. The lowest BCUT2D eigenvalue weighted by Gasteiger charge is -2.21. The van der Waals surface area contributed by atoms with Crippen LogP contribution in [-0.4, -0.2) is 37.9 Å². The van der Waals surface area contributed by atoms with Crippen LogP contribution < -0.4 is 0 Å². The normalized spacial score (nSPS) is 10.8. The van der Waals surface area contributed by atoms with Crippen LogP contribution in [0.3, 0.4) is 0 Å². The topological polar surface area (TPSA) is 51.0 Å². The van der Waals surface area contributed by atoms with Crippen LogP contribution in [0.4, 0.5) is 4.39 Å². The number of benzene rings is 2. The maximum Gasteiger partial charge on any atom is 0.233 e. The van der Waals surface area contributed by atoms with Gasteiger partial charge < -0.3 is 9.47 Å². The molecule has 0 unspecified atom stereocenters. The molecule has 0 saturated carbocycles. The van der Waals surface area contributed by atoms with E-state index in [9.17, 15) is 9.18 Å². The van der Waals surface area contributed by atoms with Crippen molar-refractivity contribution in [1.82, 2.24) is 19.7 Å². The Morgan fingerprint density at radius 1 is 1.11 bits per heavy atom. The minimum absolute atomic E-state index is 0.0105. The number of rotatable bonds is 8. The lowest BCUT2D eigenvalue weighted by molar-refractivity contribution is -0.128. The molecule has 146 valence electrons. The van der Waals surface area contributed by atoms with E-state index in [1.54, 1.807) is 11.0 Å². The van der Waals surface area contributed by atoms with E-state index < -0.39 is 0 Å². The van der Waals surface area contributed by atoms with Crippen molar-refractivity contribution in [2.75, 3.05) is 12.3 Å². The summed E-state index contributed by atoms with van der Waals surface area (Å²) in [5.41, 5.74) is 1.78. The van der Waals surface area contributed by atoms with Gasteiger partial charge in [0.1, 0.15) is 5.82 Å². The molecule has 3 rings (SSSR count). The zero-order chi connectivity index (χ0) is 19.9. The molecule has 1 aromatic heterocycles. The van der Waals surface area contributed by atoms with Gasteiger partial charge in [-0.05, 0) is 31.5 Å². The molecule has 0 aliphatic heterocycles. The summed E-state index contributed by atoms with van der Waals surface area (Å²) >= 11 is 1.38. The standard InChI is InChI=1S/C21H23FN4OS/c1-3-25(14-16-9-8-12-18(22)13-16)19(27)15-28-21-24-23-20(26(21)4-2)17-10-6-5-7-11-17/h5-13H,3-4,14-15H2,1-2H3. The molecule has 0 spiro atoms. The highest BCUT2D eigenvalue weighted by atomic mass is 32.2. The van der Waals surface area contributed by atoms with E-state index in [2.05, 4.69) is 10.2 Å². The van der Waals surface area contributed by atoms with Crippen LogP contribution in [0.15, 0.2) is 59.8 Å². The van der Waals surface area contributed by atoms with Gasteiger partial charge in [-0.1, -0.05) is 54.2 Å². The number of amides is 1. The van der Waals surface area contributed by atoms with Crippen molar-refractivity contribution >= 4 is 17.7 Å². The Bertz CT molecular complexity index is 929. The zero-order valence-electron chi connectivity index (χ0n) is 16.0. The molecule has 5 nitrogen and oxygen atoms in total. The summed E-state index contributed by atoms with van der Waals surface area (Å²) in [5.74, 6) is 0.754. The maximum atomic E-state index is 13.4. The fourth-order valence-electron chi connectivity index (χ4n) is 2.93. The number of hydrogen-bond donors (Lipinski definition) is 0. The van der Waals surface area contributed by atoms with Crippen LogP contribution in [-0.2, 0) is 17.9 Å². The van der Waals surface area contributed by atoms with Gasteiger partial charge >= 0.3 is 0 Å². The molecule has 28 heavy (non-hydrogen) atoms. The Kier molecular flexibility index (Phi) is 6.81. The SMILES string of the molecule is CCN(Cc1cccc(F)c1)C(=O)CSc1nnc(-c2ccccc2)n1CC. The molecule has 0 atom stereocenters. The van der Waals surface area contributed by atoms with Crippen molar-refractivity contribution in [3.05, 3.63) is 66.0 Å². The van der Waals surface area contributed by atoms with Crippen LogP contribution in [0.5, 0.6) is 0 Å². The lowest BCUT2D eigenvalue weighted by atomic mass is 10.2. The number of nitrogens with zero attached hydrogens (tertiary/aromatic N) is 4. The summed E-state index contributed by atoms with van der Waals surface area (Å²) in [6.07, 6.45) is 0. The largest absolute Gasteiger partial charge is 0.338 e. The molecule has 0 aliphatic carbocycles. The smallest absolute Gasteiger partial charge is 0.233 e. The number of hydrogen-bond acceptors (Lipinski definition) is 4. The quantitative estimate of drug-likeness (QED) is 0.533. The van der Waals surface area contributed by atoms with Crippen LogP contribution in [0, 0.1) is 5.82 Å². The first-order valence-corrected chi connectivity index (χ1v) is 10.2. The van der Waals surface area contributed by atoms with E-state index in [4.69, 9.17) is 0 Å². The third-order valence-corrected chi connectivity index (χ3v) is 5.34. The fourth-order valence-corrected chi connectivity index (χ4v) is 3.84. The van der Waals surface area contributed by atoms with Crippen molar-refractivity contribution in [3.63, 3.8) is 0 Å². The second-order valence-corrected chi connectivity index (χ2v) is 7.19. The molecule has 1 heterocycles. The van der Waals surface area contributed by atoms with Crippen molar-refractivity contribution < 1.29 is 9.18 Å². The monoisotopic (exact) mass is 398 g/mol. The first-order valence-electron chi connectivity index (χ1n) is 9.26. The summed E-state index contributed by atoms with van der Waals surface area (Å²) < 4.78 is 15.4. The van der Waals surface area contributed by atoms with Crippen LogP contribution in [0.1, 0.15) is 19.4 Å². The van der Waals surface area contributed by atoms with E-state index >= 15 is 0 Å². The molecule has 0 radical (unpaired) electrons. The summed E-state index contributed by atoms with van der Waals surface area (Å²) in [6, 6.07) is 16.2. The number of thioether (sulfide) groups is 1. The first-order chi connectivity index (χ1) is 13.6. The number of carbonyl (C=O) groups is 1. The molecule has 0 fully saturated rings. The molecular weight excluding hydrogens is 375 g/mol. The Labute approximate surface area is 168 Å². The molecule has 0 N–H and O–H groups in total. The van der Waals surface area contributed by atoms with Crippen LogP contribution >= 0.6 is 11.8 Å². The van der Waals surface area contributed by atoms with Gasteiger partial charge in [-0.25, -0.2) is 4.39 Å². The van der Waals surface area contributed by atoms with E-state index in [1.807, 2.05) is 54.8 Å². The highest BCUT2D eigenvalue weighted by Gasteiger charge is 2.17. The van der Waals surface area contributed by atoms with Gasteiger partial charge in [0.2, 0.25) is 5.91 Å². The van der Waals surface area contributed by atoms with Gasteiger partial charge in [-0.2, -0.15) is 0 Å². The second-order valence-electron chi connectivity index (χ2n) is 6.24. The Balaban J connectivity index is 1.67. The molecule has 2 aromatic carbocycles. The summed E-state index contributed by atoms with van der Waals surface area (Å²) in [5, 5.41) is 9.29. The Hall–Kier alpha value is -2.67. The average Bonchev–Trinajstić information content (AvgIpc) is 3.14. The molecule has 3 aromatic rings. The first kappa shape index (κ1) is 20.1. The second kappa shape index (κ2) is 9.50. The highest BCUT2D eigenvalue weighted by Crippen LogP contribution is 2.24. The van der Waals surface area contributed by atoms with Crippen molar-refractivity contribution in [1.29, 1.82) is 0 Å². The molecule has 1 amide bonds. The highest BCUT2D eigenvalue weighted by molar-refractivity contribution is 7.99. The van der Waals surface area contributed by atoms with Gasteiger partial charge in [0.15, 0.2) is 11.0 Å². The molecular formula is C21H23FN4OS. The minimum atomic E-state index is -0.292. The average molecular weight is 399 g/mol. The van der Waals surface area contributed by atoms with E-state index in [-0.39, 0.29) is 17.5 Å². The summed E-state index contributed by atoms with van der Waals surface area (Å²) in [4.78, 5) is 14.4. The van der Waals surface area contributed by atoms with Gasteiger partial charge in [0.05, 0.1) is 5.75 Å². The van der Waals surface area contributed by atoms with E-state index in [1.165, 1.54) is 23.9 Å². The predicted octanol–water partition coefficient (Wildman–Crippen LogP) is 4.24. The van der Waals surface area contributed by atoms with E-state index in [0.29, 0.717) is 19.6 Å². The Morgan fingerprint density at radius 3 is 2.57 bits per heavy atom. The van der Waals surface area contributed by atoms with Crippen LogP contribution in [0.25, 0.3) is 11.4 Å². The lowest BCUT2D eigenvalue weighted by Crippen LogP contribution is -2.31. The molecule has 0 saturated heterocycles. The van der Waals surface area contributed by atoms with Crippen LogP contribution in [0.2, 0.25) is 0 Å². The number of carbonyl (C=O) groups excluding carboxylic acids is 1. The van der Waals surface area contributed by atoms with Gasteiger partial charge in [-0.3, -0.25) is 4.79 Å². The van der Waals surface area contributed by atoms with Crippen molar-refractivity contribution in [3.8, 4) is 11.4 Å². The fraction of sp³-hybridized carbons (Fsp3) is 0.286. The third kappa shape index (κ3) is 4.78. The molecule has 7 heteroatoms. The molecule has 0 bridgehead atoms.